The number of aliphatic imine (C=N–C) groups is 2. The summed E-state index contributed by atoms with van der Waals surface area (Å²) >= 11 is 5.96. The average molecular weight is 229 g/mol. The smallest absolute Gasteiger partial charge is 0.145 e. The van der Waals surface area contributed by atoms with Crippen LogP contribution in [0.15, 0.2) is 33.1 Å². The zero-order valence-corrected chi connectivity index (χ0v) is 10.1. The van der Waals surface area contributed by atoms with Gasteiger partial charge in [-0.3, -0.25) is 9.98 Å². The number of nitrogens with one attached hydrogen (secondary N) is 2. The molecule has 0 saturated heterocycles. The Labute approximate surface area is 95.8 Å². The summed E-state index contributed by atoms with van der Waals surface area (Å²) in [5, 5.41) is 6.41. The van der Waals surface area contributed by atoms with Gasteiger partial charge in [0.05, 0.1) is 0 Å². The maximum atomic E-state index is 5.96. The zero-order valence-electron chi connectivity index (χ0n) is 9.34. The molecular weight excluding hydrogens is 212 g/mol. The quantitative estimate of drug-likeness (QED) is 0.558. The zero-order chi connectivity index (χ0) is 11.7. The third kappa shape index (κ3) is 5.91. The summed E-state index contributed by atoms with van der Waals surface area (Å²) in [5.74, 6) is 0.593. The van der Waals surface area contributed by atoms with Crippen LogP contribution in [0.5, 0.6) is 0 Å². The molecule has 0 aliphatic rings. The Hall–Kier alpha value is -1.29. The van der Waals surface area contributed by atoms with Crippen molar-refractivity contribution in [1.82, 2.24) is 10.6 Å². The van der Waals surface area contributed by atoms with Gasteiger partial charge in [-0.2, -0.15) is 0 Å². The second-order valence-electron chi connectivity index (χ2n) is 2.72. The molecule has 4 nitrogen and oxygen atoms in total. The van der Waals surface area contributed by atoms with E-state index >= 15 is 0 Å². The fourth-order valence-electron chi connectivity index (χ4n) is 0.914. The highest BCUT2D eigenvalue weighted by Gasteiger charge is 2.03. The lowest BCUT2D eigenvalue weighted by Crippen LogP contribution is -2.23. The normalized spacial score (nSPS) is 13.7. The van der Waals surface area contributed by atoms with E-state index in [2.05, 4.69) is 27.3 Å². The molecule has 5 heteroatoms. The van der Waals surface area contributed by atoms with Gasteiger partial charge in [-0.25, -0.2) is 0 Å². The SMILES string of the molecule is C=N/C=C(/Cl)C(=NCC)N/C(C)=C/NC. The van der Waals surface area contributed by atoms with Gasteiger partial charge in [0, 0.05) is 31.7 Å². The summed E-state index contributed by atoms with van der Waals surface area (Å²) in [6.45, 7) is 7.83. The van der Waals surface area contributed by atoms with Crippen LogP contribution in [0.25, 0.3) is 0 Å². The van der Waals surface area contributed by atoms with Gasteiger partial charge < -0.3 is 10.6 Å². The highest BCUT2D eigenvalue weighted by atomic mass is 35.5. The minimum Gasteiger partial charge on any atom is -0.393 e. The van der Waals surface area contributed by atoms with Crippen LogP contribution in [-0.4, -0.2) is 26.1 Å². The molecule has 0 saturated carbocycles. The number of allylic oxidation sites excluding steroid dienone is 1. The molecular formula is C10H17ClN4. The van der Waals surface area contributed by atoms with Crippen molar-refractivity contribution in [2.75, 3.05) is 13.6 Å². The highest BCUT2D eigenvalue weighted by molar-refractivity contribution is 6.43. The average Bonchev–Trinajstić information content (AvgIpc) is 2.18. The Kier molecular flexibility index (Phi) is 7.36. The van der Waals surface area contributed by atoms with Gasteiger partial charge in [0.25, 0.3) is 0 Å². The Balaban J connectivity index is 4.70. The predicted octanol–water partition coefficient (Wildman–Crippen LogP) is 1.86. The molecule has 0 aliphatic heterocycles. The summed E-state index contributed by atoms with van der Waals surface area (Å²) in [6, 6.07) is 0. The Morgan fingerprint density at radius 2 is 2.20 bits per heavy atom. The molecule has 0 fully saturated rings. The molecule has 0 amide bonds. The van der Waals surface area contributed by atoms with Gasteiger partial charge in [0.1, 0.15) is 10.9 Å². The molecule has 0 atom stereocenters. The number of rotatable bonds is 5. The van der Waals surface area contributed by atoms with E-state index in [1.165, 1.54) is 6.20 Å². The highest BCUT2D eigenvalue weighted by Crippen LogP contribution is 2.04. The van der Waals surface area contributed by atoms with Crippen molar-refractivity contribution < 1.29 is 0 Å². The van der Waals surface area contributed by atoms with E-state index in [1.807, 2.05) is 27.1 Å². The summed E-state index contributed by atoms with van der Waals surface area (Å²) in [6.07, 6.45) is 3.27. The van der Waals surface area contributed by atoms with E-state index in [1.54, 1.807) is 0 Å². The summed E-state index contributed by atoms with van der Waals surface area (Å²) in [5.41, 5.74) is 0.917. The first-order valence-corrected chi connectivity index (χ1v) is 5.00. The molecule has 0 radical (unpaired) electrons. The van der Waals surface area contributed by atoms with Gasteiger partial charge in [-0.1, -0.05) is 11.6 Å². The van der Waals surface area contributed by atoms with Crippen LogP contribution in [0.4, 0.5) is 0 Å². The van der Waals surface area contributed by atoms with Crippen molar-refractivity contribution in [2.45, 2.75) is 13.8 Å². The van der Waals surface area contributed by atoms with Crippen LogP contribution >= 0.6 is 11.6 Å². The maximum absolute atomic E-state index is 5.96. The standard InChI is InChI=1S/C10H17ClN4/c1-5-14-10(9(11)7-13-4)15-8(2)6-12-3/h6-7,12H,4-5H2,1-3H3,(H,14,15)/b8-6+,9-7+. The van der Waals surface area contributed by atoms with Crippen molar-refractivity contribution in [3.63, 3.8) is 0 Å². The first kappa shape index (κ1) is 13.7. The van der Waals surface area contributed by atoms with E-state index in [-0.39, 0.29) is 0 Å². The van der Waals surface area contributed by atoms with Gasteiger partial charge >= 0.3 is 0 Å². The van der Waals surface area contributed by atoms with Crippen molar-refractivity contribution in [1.29, 1.82) is 0 Å². The molecule has 2 N–H and O–H groups in total. The molecule has 0 spiro atoms. The second kappa shape index (κ2) is 8.05. The van der Waals surface area contributed by atoms with Crippen LogP contribution in [0, 0.1) is 0 Å². The molecule has 0 aromatic carbocycles. The molecule has 0 bridgehead atoms. The summed E-state index contributed by atoms with van der Waals surface area (Å²) in [4.78, 5) is 7.81. The van der Waals surface area contributed by atoms with Crippen LogP contribution in [0.2, 0.25) is 0 Å². The Bertz CT molecular complexity index is 292. The van der Waals surface area contributed by atoms with Crippen molar-refractivity contribution in [3.05, 3.63) is 23.1 Å². The number of nitrogens with zero attached hydrogens (tertiary/aromatic N) is 2. The van der Waals surface area contributed by atoms with Gasteiger partial charge in [-0.05, 0) is 20.6 Å². The largest absolute Gasteiger partial charge is 0.393 e. The monoisotopic (exact) mass is 228 g/mol. The van der Waals surface area contributed by atoms with Crippen LogP contribution in [0.3, 0.4) is 0 Å². The lowest BCUT2D eigenvalue weighted by Gasteiger charge is -2.08. The first-order valence-electron chi connectivity index (χ1n) is 4.63. The van der Waals surface area contributed by atoms with E-state index in [4.69, 9.17) is 11.6 Å². The molecule has 0 aromatic heterocycles. The molecule has 0 unspecified atom stereocenters. The van der Waals surface area contributed by atoms with Gasteiger partial charge in [-0.15, -0.1) is 0 Å². The van der Waals surface area contributed by atoms with Gasteiger partial charge in [0.2, 0.25) is 0 Å². The lowest BCUT2D eigenvalue weighted by molar-refractivity contribution is 0.998. The fraction of sp³-hybridized carbons (Fsp3) is 0.400. The van der Waals surface area contributed by atoms with E-state index in [0.29, 0.717) is 17.4 Å². The Morgan fingerprint density at radius 3 is 2.67 bits per heavy atom. The van der Waals surface area contributed by atoms with Crippen molar-refractivity contribution >= 4 is 24.2 Å². The maximum Gasteiger partial charge on any atom is 0.145 e. The van der Waals surface area contributed by atoms with Crippen molar-refractivity contribution in [3.8, 4) is 0 Å². The summed E-state index contributed by atoms with van der Waals surface area (Å²) < 4.78 is 0. The van der Waals surface area contributed by atoms with Gasteiger partial charge in [0.15, 0.2) is 0 Å². The number of hydrogen-bond acceptors (Lipinski definition) is 3. The summed E-state index contributed by atoms with van der Waals surface area (Å²) in [7, 11) is 1.82. The predicted molar refractivity (Wildman–Crippen MR) is 67.4 cm³/mol. The third-order valence-electron chi connectivity index (χ3n) is 1.42. The topological polar surface area (TPSA) is 48.8 Å². The molecule has 84 valence electrons. The number of halogens is 1. The molecule has 0 aromatic rings. The molecule has 0 rings (SSSR count). The second-order valence-corrected chi connectivity index (χ2v) is 3.13. The van der Waals surface area contributed by atoms with Crippen LogP contribution in [-0.2, 0) is 0 Å². The van der Waals surface area contributed by atoms with Crippen LogP contribution in [0.1, 0.15) is 13.8 Å². The van der Waals surface area contributed by atoms with E-state index in [0.717, 1.165) is 5.70 Å². The van der Waals surface area contributed by atoms with E-state index < -0.39 is 0 Å². The molecule has 15 heavy (non-hydrogen) atoms. The van der Waals surface area contributed by atoms with Crippen molar-refractivity contribution in [2.24, 2.45) is 9.98 Å². The van der Waals surface area contributed by atoms with E-state index in [9.17, 15) is 0 Å². The third-order valence-corrected chi connectivity index (χ3v) is 1.70. The minimum atomic E-state index is 0.440. The van der Waals surface area contributed by atoms with Crippen LogP contribution < -0.4 is 10.6 Å². The molecule has 0 heterocycles. The molecule has 0 aliphatic carbocycles. The fourth-order valence-corrected chi connectivity index (χ4v) is 1.09. The number of amidine groups is 1. The Morgan fingerprint density at radius 1 is 1.53 bits per heavy atom. The number of hydrogen-bond donors (Lipinski definition) is 2. The lowest BCUT2D eigenvalue weighted by atomic mass is 10.4. The minimum absolute atomic E-state index is 0.440. The first-order chi connectivity index (χ1) is 7.15.